The van der Waals surface area contributed by atoms with Gasteiger partial charge in [-0.3, -0.25) is 0 Å². The van der Waals surface area contributed by atoms with E-state index < -0.39 is 0 Å². The van der Waals surface area contributed by atoms with Gasteiger partial charge < -0.3 is 10.5 Å². The van der Waals surface area contributed by atoms with Crippen LogP contribution >= 0.6 is 0 Å². The Kier molecular flexibility index (Phi) is 1.88. The zero-order valence-corrected chi connectivity index (χ0v) is 5.61. The van der Waals surface area contributed by atoms with Crippen molar-refractivity contribution in [1.29, 1.82) is 5.26 Å². The minimum atomic E-state index is 0.0660. The van der Waals surface area contributed by atoms with Crippen molar-refractivity contribution >= 4 is 0 Å². The molecule has 1 heterocycles. The fourth-order valence-corrected chi connectivity index (χ4v) is 0.709. The maximum atomic E-state index is 8.51. The lowest BCUT2D eigenvalue weighted by Gasteiger charge is -2.10. The first-order valence-corrected chi connectivity index (χ1v) is 2.85. The number of nitriles is 1. The zero-order valence-electron chi connectivity index (χ0n) is 5.61. The predicted molar refractivity (Wildman–Crippen MR) is 35.4 cm³/mol. The molecule has 0 spiro atoms. The number of hydrogen-bond acceptors (Lipinski definition) is 4. The first-order chi connectivity index (χ1) is 5.29. The van der Waals surface area contributed by atoms with Gasteiger partial charge in [-0.2, -0.15) is 5.26 Å². The molecule has 0 unspecified atom stereocenters. The molecule has 0 amide bonds. The Balaban J connectivity index is 3.07. The van der Waals surface area contributed by atoms with E-state index in [9.17, 15) is 0 Å². The second kappa shape index (κ2) is 2.84. The second-order valence-corrected chi connectivity index (χ2v) is 1.93. The highest BCUT2D eigenvalue weighted by molar-refractivity contribution is 5.44. The smallest absolute Gasteiger partial charge is 0.142 e. The van der Waals surface area contributed by atoms with E-state index in [2.05, 4.69) is 5.11 Å². The van der Waals surface area contributed by atoms with Gasteiger partial charge in [-0.1, -0.05) is 0 Å². The normalized spacial score (nSPS) is 16.5. The van der Waals surface area contributed by atoms with Crippen LogP contribution in [0.1, 0.15) is 0 Å². The Morgan fingerprint density at radius 3 is 2.91 bits per heavy atom. The maximum Gasteiger partial charge on any atom is 0.142 e. The van der Waals surface area contributed by atoms with E-state index in [1.54, 1.807) is 0 Å². The lowest BCUT2D eigenvalue weighted by Crippen LogP contribution is -2.12. The molecule has 1 rings (SSSR count). The SMILES string of the molecule is [N]=NC1=COCC(N)=C1C#N. The quantitative estimate of drug-likeness (QED) is 0.525. The van der Waals surface area contributed by atoms with Crippen molar-refractivity contribution in [2.24, 2.45) is 10.8 Å². The highest BCUT2D eigenvalue weighted by Crippen LogP contribution is 2.16. The number of rotatable bonds is 1. The molecular weight excluding hydrogens is 144 g/mol. The largest absolute Gasteiger partial charge is 0.493 e. The summed E-state index contributed by atoms with van der Waals surface area (Å²) in [5, 5.41) is 11.3. The van der Waals surface area contributed by atoms with E-state index in [4.69, 9.17) is 21.3 Å². The second-order valence-electron chi connectivity index (χ2n) is 1.93. The van der Waals surface area contributed by atoms with Crippen molar-refractivity contribution in [2.45, 2.75) is 0 Å². The van der Waals surface area contributed by atoms with Crippen molar-refractivity contribution in [2.75, 3.05) is 6.61 Å². The molecule has 0 aromatic heterocycles. The van der Waals surface area contributed by atoms with Gasteiger partial charge in [0.2, 0.25) is 0 Å². The summed E-state index contributed by atoms with van der Waals surface area (Å²) in [5.41, 5.74) is 14.2. The predicted octanol–water partition coefficient (Wildman–Crippen LogP) is -0.153. The van der Waals surface area contributed by atoms with Crippen LogP contribution in [0.4, 0.5) is 0 Å². The number of hydrogen-bond donors (Lipinski definition) is 1. The van der Waals surface area contributed by atoms with Crippen LogP contribution in [0.15, 0.2) is 28.3 Å². The van der Waals surface area contributed by atoms with E-state index in [1.165, 1.54) is 6.26 Å². The van der Waals surface area contributed by atoms with Gasteiger partial charge in [0, 0.05) is 0 Å². The third-order valence-corrected chi connectivity index (χ3v) is 1.23. The highest BCUT2D eigenvalue weighted by atomic mass is 16.5. The Morgan fingerprint density at radius 1 is 1.73 bits per heavy atom. The van der Waals surface area contributed by atoms with Crippen molar-refractivity contribution in [1.82, 2.24) is 5.53 Å². The molecule has 1 aliphatic heterocycles. The van der Waals surface area contributed by atoms with Crippen molar-refractivity contribution in [3.05, 3.63) is 23.2 Å². The average Bonchev–Trinajstić information content (AvgIpc) is 2.04. The monoisotopic (exact) mass is 149 g/mol. The van der Waals surface area contributed by atoms with Gasteiger partial charge in [-0.15, -0.1) is 5.11 Å². The number of nitrogens with zero attached hydrogens (tertiary/aromatic N) is 3. The topological polar surface area (TPSA) is 93.7 Å². The van der Waals surface area contributed by atoms with Crippen LogP contribution in [0.3, 0.4) is 0 Å². The molecule has 11 heavy (non-hydrogen) atoms. The van der Waals surface area contributed by atoms with E-state index in [-0.39, 0.29) is 23.6 Å². The van der Waals surface area contributed by atoms with E-state index in [0.29, 0.717) is 0 Å². The van der Waals surface area contributed by atoms with Crippen LogP contribution in [0.5, 0.6) is 0 Å². The van der Waals surface area contributed by atoms with E-state index in [0.717, 1.165) is 0 Å². The molecule has 1 radical (unpaired) electrons. The average molecular weight is 149 g/mol. The third kappa shape index (κ3) is 1.19. The van der Waals surface area contributed by atoms with Crippen LogP contribution < -0.4 is 11.3 Å². The molecule has 0 bridgehead atoms. The molecule has 0 atom stereocenters. The summed E-state index contributed by atoms with van der Waals surface area (Å²) in [5.74, 6) is 0. The van der Waals surface area contributed by atoms with Gasteiger partial charge in [0.15, 0.2) is 0 Å². The molecular formula is C6H5N4O. The standard InChI is InChI=1S/C6H5N4O/c7-1-4-5(8)2-11-3-6(4)10-9/h3H,2,8H2. The summed E-state index contributed by atoms with van der Waals surface area (Å²) in [7, 11) is 0. The minimum Gasteiger partial charge on any atom is -0.493 e. The number of nitrogens with two attached hydrogens (primary N) is 1. The molecule has 1 aliphatic rings. The van der Waals surface area contributed by atoms with E-state index >= 15 is 0 Å². The lowest BCUT2D eigenvalue weighted by molar-refractivity contribution is 0.269. The van der Waals surface area contributed by atoms with Crippen molar-refractivity contribution < 1.29 is 4.74 Å². The molecule has 55 valence electrons. The highest BCUT2D eigenvalue weighted by Gasteiger charge is 2.13. The van der Waals surface area contributed by atoms with Gasteiger partial charge in [0.1, 0.15) is 30.2 Å². The summed E-state index contributed by atoms with van der Waals surface area (Å²) in [4.78, 5) is 0. The first-order valence-electron chi connectivity index (χ1n) is 2.85. The molecule has 0 saturated heterocycles. The van der Waals surface area contributed by atoms with Gasteiger partial charge in [0.25, 0.3) is 0 Å². The molecule has 0 saturated carbocycles. The summed E-state index contributed by atoms with van der Waals surface area (Å²) in [6, 6.07) is 1.81. The number of ether oxygens (including phenoxy) is 1. The number of allylic oxidation sites excluding steroid dienone is 1. The Bertz CT molecular complexity index is 283. The van der Waals surface area contributed by atoms with Crippen LogP contribution in [0.25, 0.3) is 0 Å². The van der Waals surface area contributed by atoms with Gasteiger partial charge in [-0.05, 0) is 5.53 Å². The van der Waals surface area contributed by atoms with Gasteiger partial charge in [-0.25, -0.2) is 0 Å². The summed E-state index contributed by atoms with van der Waals surface area (Å²) in [6.45, 7) is 0.169. The first kappa shape index (κ1) is 7.28. The summed E-state index contributed by atoms with van der Waals surface area (Å²) in [6.07, 6.45) is 1.19. The molecule has 0 aromatic carbocycles. The maximum absolute atomic E-state index is 8.51. The molecule has 2 N–H and O–H groups in total. The molecule has 0 aromatic rings. The summed E-state index contributed by atoms with van der Waals surface area (Å²) < 4.78 is 4.77. The van der Waals surface area contributed by atoms with Crippen LogP contribution in [-0.2, 0) is 4.74 Å². The minimum absolute atomic E-state index is 0.0660. The Labute approximate surface area is 63.3 Å². The molecule has 0 fully saturated rings. The summed E-state index contributed by atoms with van der Waals surface area (Å²) >= 11 is 0. The van der Waals surface area contributed by atoms with Crippen LogP contribution in [-0.4, -0.2) is 6.61 Å². The van der Waals surface area contributed by atoms with Crippen LogP contribution in [0, 0.1) is 11.3 Å². The van der Waals surface area contributed by atoms with Gasteiger partial charge >= 0.3 is 0 Å². The van der Waals surface area contributed by atoms with E-state index in [1.807, 2.05) is 6.07 Å². The fourth-order valence-electron chi connectivity index (χ4n) is 0.709. The third-order valence-electron chi connectivity index (χ3n) is 1.23. The fraction of sp³-hybridized carbons (Fsp3) is 0.167. The van der Waals surface area contributed by atoms with Crippen molar-refractivity contribution in [3.63, 3.8) is 0 Å². The molecule has 0 aliphatic carbocycles. The van der Waals surface area contributed by atoms with Crippen LogP contribution in [0.2, 0.25) is 0 Å². The molecule has 5 heteroatoms. The van der Waals surface area contributed by atoms with Crippen molar-refractivity contribution in [3.8, 4) is 6.07 Å². The zero-order chi connectivity index (χ0) is 8.27. The Morgan fingerprint density at radius 2 is 2.45 bits per heavy atom. The van der Waals surface area contributed by atoms with Gasteiger partial charge in [0.05, 0.1) is 5.70 Å². The lowest BCUT2D eigenvalue weighted by atomic mass is 10.1. The molecule has 5 nitrogen and oxygen atoms in total. The Hall–Kier alpha value is -1.83.